The van der Waals surface area contributed by atoms with Crippen molar-refractivity contribution >= 4 is 23.7 Å². The van der Waals surface area contributed by atoms with E-state index in [2.05, 4.69) is 21.3 Å². The molecule has 136 valence electrons. The summed E-state index contributed by atoms with van der Waals surface area (Å²) in [5, 5.41) is 28.3. The van der Waals surface area contributed by atoms with Crippen LogP contribution in [0.4, 0.5) is 0 Å². The number of aliphatic hydroxyl groups is 1. The third-order valence-electron chi connectivity index (χ3n) is 3.61. The number of rotatable bonds is 8. The van der Waals surface area contributed by atoms with Crippen LogP contribution in [0.25, 0.3) is 0 Å². The summed E-state index contributed by atoms with van der Waals surface area (Å²) < 4.78 is 0. The molecule has 0 saturated carbocycles. The first kappa shape index (κ1) is 19.8. The Labute approximate surface area is 139 Å². The van der Waals surface area contributed by atoms with E-state index >= 15 is 0 Å². The number of nitrogens with one attached hydrogen (secondary N) is 4. The molecule has 0 bridgehead atoms. The molecule has 0 radical (unpaired) electrons. The monoisotopic (exact) mass is 344 g/mol. The lowest BCUT2D eigenvalue weighted by Crippen LogP contribution is -2.56. The molecule has 3 amide bonds. The van der Waals surface area contributed by atoms with Gasteiger partial charge in [-0.1, -0.05) is 0 Å². The van der Waals surface area contributed by atoms with E-state index in [4.69, 9.17) is 5.11 Å². The summed E-state index contributed by atoms with van der Waals surface area (Å²) in [6, 6.07) is -2.81. The van der Waals surface area contributed by atoms with Crippen molar-refractivity contribution in [2.45, 2.75) is 50.9 Å². The van der Waals surface area contributed by atoms with Gasteiger partial charge in [0.1, 0.15) is 12.1 Å². The molecule has 1 aliphatic rings. The van der Waals surface area contributed by atoms with Gasteiger partial charge in [0.25, 0.3) is 0 Å². The minimum atomic E-state index is -1.32. The van der Waals surface area contributed by atoms with Crippen LogP contribution in [-0.2, 0) is 19.2 Å². The van der Waals surface area contributed by atoms with Crippen LogP contribution in [-0.4, -0.2) is 71.2 Å². The van der Waals surface area contributed by atoms with Crippen LogP contribution < -0.4 is 21.3 Å². The lowest BCUT2D eigenvalue weighted by molar-refractivity contribution is -0.142. The smallest absolute Gasteiger partial charge is 0.325 e. The van der Waals surface area contributed by atoms with Gasteiger partial charge in [-0.05, 0) is 33.2 Å². The highest BCUT2D eigenvalue weighted by Crippen LogP contribution is 2.04. The summed E-state index contributed by atoms with van der Waals surface area (Å²) in [5.74, 6) is -3.03. The fraction of sp³-hybridized carbons (Fsp3) is 0.714. The summed E-state index contributed by atoms with van der Waals surface area (Å²) in [5.41, 5.74) is 0. The number of carbonyl (C=O) groups is 4. The second kappa shape index (κ2) is 9.18. The lowest BCUT2D eigenvalue weighted by Gasteiger charge is -2.22. The van der Waals surface area contributed by atoms with E-state index in [-0.39, 0.29) is 18.5 Å². The average Bonchev–Trinajstić information content (AvgIpc) is 3.03. The maximum absolute atomic E-state index is 11.9. The Kier molecular flexibility index (Phi) is 7.59. The second-order valence-electron chi connectivity index (χ2n) is 5.72. The van der Waals surface area contributed by atoms with E-state index in [1.165, 1.54) is 13.8 Å². The van der Waals surface area contributed by atoms with Crippen molar-refractivity contribution in [3.63, 3.8) is 0 Å². The van der Waals surface area contributed by atoms with Gasteiger partial charge in [0.05, 0.1) is 18.7 Å². The highest BCUT2D eigenvalue weighted by atomic mass is 16.4. The number of carboxylic acid groups (broad SMARTS) is 1. The molecule has 1 heterocycles. The SMILES string of the molecule is CC(NC(=O)C(NC(=O)CNC(=O)C1CCCN1)C(C)O)C(=O)O. The number of aliphatic hydroxyl groups excluding tert-OH is 1. The predicted octanol–water partition coefficient (Wildman–Crippen LogP) is -2.69. The Hall–Kier alpha value is -2.20. The molecule has 10 heteroatoms. The Morgan fingerprint density at radius 3 is 2.38 bits per heavy atom. The Morgan fingerprint density at radius 1 is 1.21 bits per heavy atom. The van der Waals surface area contributed by atoms with Crippen LogP contribution in [0.1, 0.15) is 26.7 Å². The van der Waals surface area contributed by atoms with Crippen LogP contribution in [0.2, 0.25) is 0 Å². The molecule has 6 N–H and O–H groups in total. The summed E-state index contributed by atoms with van der Waals surface area (Å²) in [7, 11) is 0. The third-order valence-corrected chi connectivity index (χ3v) is 3.61. The number of hydrogen-bond acceptors (Lipinski definition) is 6. The Balaban J connectivity index is 2.48. The number of hydrogen-bond donors (Lipinski definition) is 6. The van der Waals surface area contributed by atoms with Gasteiger partial charge >= 0.3 is 5.97 Å². The third kappa shape index (κ3) is 6.13. The zero-order valence-electron chi connectivity index (χ0n) is 13.7. The topological polar surface area (TPSA) is 157 Å². The largest absolute Gasteiger partial charge is 0.480 e. The lowest BCUT2D eigenvalue weighted by atomic mass is 10.1. The normalized spacial score (nSPS) is 20.5. The summed E-state index contributed by atoms with van der Waals surface area (Å²) in [4.78, 5) is 46.3. The molecular weight excluding hydrogens is 320 g/mol. The van der Waals surface area contributed by atoms with Crippen molar-refractivity contribution in [3.8, 4) is 0 Å². The van der Waals surface area contributed by atoms with Crippen LogP contribution in [0.5, 0.6) is 0 Å². The van der Waals surface area contributed by atoms with E-state index in [9.17, 15) is 24.3 Å². The van der Waals surface area contributed by atoms with Crippen LogP contribution in [0.15, 0.2) is 0 Å². The van der Waals surface area contributed by atoms with E-state index < -0.39 is 36.0 Å². The van der Waals surface area contributed by atoms with Gasteiger partial charge in [0, 0.05) is 0 Å². The minimum Gasteiger partial charge on any atom is -0.480 e. The molecule has 1 aliphatic heterocycles. The zero-order valence-corrected chi connectivity index (χ0v) is 13.7. The molecule has 0 aliphatic carbocycles. The molecule has 1 saturated heterocycles. The van der Waals surface area contributed by atoms with E-state index in [0.29, 0.717) is 6.42 Å². The first-order valence-electron chi connectivity index (χ1n) is 7.74. The fourth-order valence-electron chi connectivity index (χ4n) is 2.19. The van der Waals surface area contributed by atoms with Gasteiger partial charge in [-0.2, -0.15) is 0 Å². The Morgan fingerprint density at radius 2 is 1.88 bits per heavy atom. The van der Waals surface area contributed by atoms with Crippen molar-refractivity contribution in [2.24, 2.45) is 0 Å². The van der Waals surface area contributed by atoms with E-state index in [1.54, 1.807) is 0 Å². The van der Waals surface area contributed by atoms with Gasteiger partial charge in [0.15, 0.2) is 0 Å². The van der Waals surface area contributed by atoms with Crippen molar-refractivity contribution in [1.29, 1.82) is 0 Å². The van der Waals surface area contributed by atoms with Gasteiger partial charge in [-0.15, -0.1) is 0 Å². The molecular formula is C14H24N4O6. The molecule has 0 spiro atoms. The zero-order chi connectivity index (χ0) is 18.3. The van der Waals surface area contributed by atoms with Crippen LogP contribution in [0.3, 0.4) is 0 Å². The fourth-order valence-corrected chi connectivity index (χ4v) is 2.19. The maximum atomic E-state index is 11.9. The molecule has 0 aromatic heterocycles. The molecule has 0 aromatic carbocycles. The minimum absolute atomic E-state index is 0.305. The number of amides is 3. The summed E-state index contributed by atoms with van der Waals surface area (Å²) in [6.07, 6.45) is 0.345. The number of aliphatic carboxylic acids is 1. The predicted molar refractivity (Wildman–Crippen MR) is 82.9 cm³/mol. The average molecular weight is 344 g/mol. The quantitative estimate of drug-likeness (QED) is 0.280. The van der Waals surface area contributed by atoms with Crippen molar-refractivity contribution in [3.05, 3.63) is 0 Å². The van der Waals surface area contributed by atoms with E-state index in [0.717, 1.165) is 13.0 Å². The molecule has 0 aromatic rings. The van der Waals surface area contributed by atoms with Gasteiger partial charge < -0.3 is 31.5 Å². The second-order valence-corrected chi connectivity index (χ2v) is 5.72. The highest BCUT2D eigenvalue weighted by molar-refractivity contribution is 5.92. The number of carbonyl (C=O) groups excluding carboxylic acids is 3. The molecule has 4 atom stereocenters. The molecule has 10 nitrogen and oxygen atoms in total. The highest BCUT2D eigenvalue weighted by Gasteiger charge is 2.28. The standard InChI is InChI=1S/C14H24N4O6/c1-7(14(23)24)17-13(22)11(8(2)19)18-10(20)6-16-12(21)9-4-3-5-15-9/h7-9,11,15,19H,3-6H2,1-2H3,(H,16,21)(H,17,22)(H,18,20)(H,23,24). The number of carboxylic acids is 1. The molecule has 1 fully saturated rings. The Bertz CT molecular complexity index is 490. The van der Waals surface area contributed by atoms with Crippen LogP contribution >= 0.6 is 0 Å². The van der Waals surface area contributed by atoms with Crippen molar-refractivity contribution in [1.82, 2.24) is 21.3 Å². The summed E-state index contributed by atoms with van der Waals surface area (Å²) in [6.45, 7) is 2.95. The molecule has 24 heavy (non-hydrogen) atoms. The van der Waals surface area contributed by atoms with Crippen LogP contribution in [0, 0.1) is 0 Å². The first-order valence-corrected chi connectivity index (χ1v) is 7.74. The van der Waals surface area contributed by atoms with E-state index in [1.807, 2.05) is 0 Å². The first-order chi connectivity index (χ1) is 11.2. The van der Waals surface area contributed by atoms with Crippen molar-refractivity contribution in [2.75, 3.05) is 13.1 Å². The van der Waals surface area contributed by atoms with Gasteiger partial charge in [-0.25, -0.2) is 0 Å². The van der Waals surface area contributed by atoms with Gasteiger partial charge in [-0.3, -0.25) is 19.2 Å². The molecule has 1 rings (SSSR count). The van der Waals surface area contributed by atoms with Gasteiger partial charge in [0.2, 0.25) is 17.7 Å². The van der Waals surface area contributed by atoms with Crippen molar-refractivity contribution < 1.29 is 29.4 Å². The maximum Gasteiger partial charge on any atom is 0.325 e. The summed E-state index contributed by atoms with van der Waals surface area (Å²) >= 11 is 0. The molecule has 4 unspecified atom stereocenters.